The first-order chi connectivity index (χ1) is 9.24. The summed E-state index contributed by atoms with van der Waals surface area (Å²) in [5, 5.41) is 0.778. The molecule has 0 fully saturated rings. The Balaban J connectivity index is 2.56. The van der Waals surface area contributed by atoms with E-state index in [0.717, 1.165) is 29.0 Å². The quantitative estimate of drug-likeness (QED) is 0.581. The third-order valence-corrected chi connectivity index (χ3v) is 4.03. The Morgan fingerprint density at radius 1 is 1.26 bits per heavy atom. The minimum Gasteiger partial charge on any atom is -0.496 e. The van der Waals surface area contributed by atoms with Crippen molar-refractivity contribution in [3.8, 4) is 11.5 Å². The summed E-state index contributed by atoms with van der Waals surface area (Å²) in [5.41, 5.74) is 1.13. The van der Waals surface area contributed by atoms with Crippen LogP contribution in [-0.2, 0) is 5.33 Å². The van der Waals surface area contributed by atoms with Crippen molar-refractivity contribution < 1.29 is 9.47 Å². The van der Waals surface area contributed by atoms with Crippen molar-refractivity contribution in [2.75, 3.05) is 13.7 Å². The van der Waals surface area contributed by atoms with E-state index in [1.165, 1.54) is 25.7 Å². The molecule has 1 unspecified atom stereocenters. The molecule has 0 saturated carbocycles. The van der Waals surface area contributed by atoms with Crippen LogP contribution in [0.3, 0.4) is 0 Å². The highest BCUT2D eigenvalue weighted by atomic mass is 79.9. The summed E-state index contributed by atoms with van der Waals surface area (Å²) in [7, 11) is 1.69. The average molecular weight is 329 g/mol. The topological polar surface area (TPSA) is 18.5 Å². The van der Waals surface area contributed by atoms with Gasteiger partial charge in [0.25, 0.3) is 0 Å². The summed E-state index contributed by atoms with van der Waals surface area (Å²) >= 11 is 3.48. The lowest BCUT2D eigenvalue weighted by Crippen LogP contribution is -2.11. The number of hydrogen-bond acceptors (Lipinski definition) is 2. The highest BCUT2D eigenvalue weighted by Gasteiger charge is 2.08. The fraction of sp³-hybridized carbons (Fsp3) is 0.625. The van der Waals surface area contributed by atoms with Crippen molar-refractivity contribution in [1.29, 1.82) is 0 Å². The van der Waals surface area contributed by atoms with E-state index in [4.69, 9.17) is 9.47 Å². The lowest BCUT2D eigenvalue weighted by atomic mass is 10.0. The molecular weight excluding hydrogens is 304 g/mol. The number of halogens is 1. The maximum absolute atomic E-state index is 5.92. The number of ether oxygens (including phenoxy) is 2. The zero-order valence-electron chi connectivity index (χ0n) is 12.2. The average Bonchev–Trinajstić information content (AvgIpc) is 2.47. The molecule has 1 aromatic carbocycles. The Morgan fingerprint density at radius 2 is 2.05 bits per heavy atom. The van der Waals surface area contributed by atoms with Crippen LogP contribution in [0.1, 0.15) is 45.1 Å². The van der Waals surface area contributed by atoms with Crippen molar-refractivity contribution in [1.82, 2.24) is 0 Å². The Morgan fingerprint density at radius 3 is 2.63 bits per heavy atom. The van der Waals surface area contributed by atoms with Crippen molar-refractivity contribution in [2.45, 2.75) is 44.9 Å². The monoisotopic (exact) mass is 328 g/mol. The van der Waals surface area contributed by atoms with Gasteiger partial charge in [-0.2, -0.15) is 0 Å². The molecule has 0 bridgehead atoms. The van der Waals surface area contributed by atoms with Crippen LogP contribution in [0.25, 0.3) is 0 Å². The second-order valence-electron chi connectivity index (χ2n) is 4.83. The van der Waals surface area contributed by atoms with Gasteiger partial charge in [0.15, 0.2) is 0 Å². The number of methoxy groups -OCH3 is 1. The molecule has 19 heavy (non-hydrogen) atoms. The maximum atomic E-state index is 5.92. The molecule has 0 heterocycles. The number of alkyl halides is 1. The van der Waals surface area contributed by atoms with Gasteiger partial charge in [-0.15, -0.1) is 0 Å². The van der Waals surface area contributed by atoms with E-state index in [-0.39, 0.29) is 0 Å². The fourth-order valence-corrected chi connectivity index (χ4v) is 2.50. The third-order valence-electron chi connectivity index (χ3n) is 3.42. The molecule has 0 aliphatic rings. The summed E-state index contributed by atoms with van der Waals surface area (Å²) in [5.74, 6) is 2.50. The lowest BCUT2D eigenvalue weighted by molar-refractivity contribution is 0.233. The van der Waals surface area contributed by atoms with E-state index >= 15 is 0 Å². The lowest BCUT2D eigenvalue weighted by Gasteiger charge is -2.16. The molecule has 2 nitrogen and oxygen atoms in total. The molecule has 0 radical (unpaired) electrons. The van der Waals surface area contributed by atoms with E-state index in [9.17, 15) is 0 Å². The SMILES string of the molecule is CCCCC(CC)COc1ccc(OC)c(CBr)c1. The zero-order chi connectivity index (χ0) is 14.1. The summed E-state index contributed by atoms with van der Waals surface area (Å²) in [6.45, 7) is 5.28. The summed E-state index contributed by atoms with van der Waals surface area (Å²) < 4.78 is 11.2. The molecule has 108 valence electrons. The van der Waals surface area contributed by atoms with Crippen LogP contribution in [0.15, 0.2) is 18.2 Å². The molecule has 1 rings (SSSR count). The molecule has 0 aromatic heterocycles. The number of hydrogen-bond donors (Lipinski definition) is 0. The van der Waals surface area contributed by atoms with Gasteiger partial charge in [-0.3, -0.25) is 0 Å². The van der Waals surface area contributed by atoms with E-state index in [2.05, 4.69) is 35.8 Å². The Kier molecular flexibility index (Phi) is 7.96. The first kappa shape index (κ1) is 16.4. The number of unbranched alkanes of at least 4 members (excludes halogenated alkanes) is 1. The third kappa shape index (κ3) is 5.43. The summed E-state index contributed by atoms with van der Waals surface area (Å²) in [6, 6.07) is 6.01. The van der Waals surface area contributed by atoms with Gasteiger partial charge in [-0.1, -0.05) is 49.0 Å². The second kappa shape index (κ2) is 9.24. The largest absolute Gasteiger partial charge is 0.496 e. The molecule has 1 atom stereocenters. The van der Waals surface area contributed by atoms with Gasteiger partial charge in [-0.05, 0) is 30.5 Å². The van der Waals surface area contributed by atoms with Gasteiger partial charge in [-0.25, -0.2) is 0 Å². The molecule has 0 spiro atoms. The molecule has 0 saturated heterocycles. The van der Waals surface area contributed by atoms with Gasteiger partial charge >= 0.3 is 0 Å². The van der Waals surface area contributed by atoms with Crippen molar-refractivity contribution >= 4 is 15.9 Å². The van der Waals surface area contributed by atoms with Crippen molar-refractivity contribution in [3.63, 3.8) is 0 Å². The van der Waals surface area contributed by atoms with Gasteiger partial charge in [0.1, 0.15) is 11.5 Å². The molecule has 0 aliphatic heterocycles. The van der Waals surface area contributed by atoms with Gasteiger partial charge in [0, 0.05) is 10.9 Å². The predicted octanol–water partition coefficient (Wildman–Crippen LogP) is 5.19. The van der Waals surface area contributed by atoms with Crippen LogP contribution in [0.4, 0.5) is 0 Å². The van der Waals surface area contributed by atoms with Crippen LogP contribution in [0.2, 0.25) is 0 Å². The van der Waals surface area contributed by atoms with Gasteiger partial charge < -0.3 is 9.47 Å². The zero-order valence-corrected chi connectivity index (χ0v) is 13.8. The highest BCUT2D eigenvalue weighted by Crippen LogP contribution is 2.26. The normalized spacial score (nSPS) is 12.2. The van der Waals surface area contributed by atoms with E-state index in [0.29, 0.717) is 5.92 Å². The van der Waals surface area contributed by atoms with Crippen molar-refractivity contribution in [3.05, 3.63) is 23.8 Å². The fourth-order valence-electron chi connectivity index (χ4n) is 2.06. The first-order valence-electron chi connectivity index (χ1n) is 7.10. The Hall–Kier alpha value is -0.700. The van der Waals surface area contributed by atoms with Crippen LogP contribution < -0.4 is 9.47 Å². The molecule has 3 heteroatoms. The van der Waals surface area contributed by atoms with Gasteiger partial charge in [0.2, 0.25) is 0 Å². The van der Waals surface area contributed by atoms with Gasteiger partial charge in [0.05, 0.1) is 13.7 Å². The summed E-state index contributed by atoms with van der Waals surface area (Å²) in [6.07, 6.45) is 4.99. The molecule has 0 amide bonds. The molecule has 0 N–H and O–H groups in total. The summed E-state index contributed by atoms with van der Waals surface area (Å²) in [4.78, 5) is 0. The smallest absolute Gasteiger partial charge is 0.123 e. The van der Waals surface area contributed by atoms with Crippen LogP contribution in [0.5, 0.6) is 11.5 Å². The van der Waals surface area contributed by atoms with Crippen LogP contribution in [-0.4, -0.2) is 13.7 Å². The number of benzene rings is 1. The Labute approximate surface area is 125 Å². The predicted molar refractivity (Wildman–Crippen MR) is 84.4 cm³/mol. The minimum absolute atomic E-state index is 0.662. The number of rotatable bonds is 9. The van der Waals surface area contributed by atoms with Crippen molar-refractivity contribution in [2.24, 2.45) is 5.92 Å². The van der Waals surface area contributed by atoms with Crippen LogP contribution in [0, 0.1) is 5.92 Å². The molecular formula is C16H25BrO2. The first-order valence-corrected chi connectivity index (χ1v) is 8.22. The van der Waals surface area contributed by atoms with E-state index in [1.54, 1.807) is 7.11 Å². The maximum Gasteiger partial charge on any atom is 0.123 e. The standard InChI is InChI=1S/C16H25BrO2/c1-4-6-7-13(5-2)12-19-15-8-9-16(18-3)14(10-15)11-17/h8-10,13H,4-7,11-12H2,1-3H3. The minimum atomic E-state index is 0.662. The highest BCUT2D eigenvalue weighted by molar-refractivity contribution is 9.08. The van der Waals surface area contributed by atoms with Crippen LogP contribution >= 0.6 is 15.9 Å². The second-order valence-corrected chi connectivity index (χ2v) is 5.40. The molecule has 1 aromatic rings. The molecule has 0 aliphatic carbocycles. The van der Waals surface area contributed by atoms with E-state index < -0.39 is 0 Å². The Bertz CT molecular complexity index is 366. The van der Waals surface area contributed by atoms with E-state index in [1.807, 2.05) is 12.1 Å².